The van der Waals surface area contributed by atoms with E-state index in [0.717, 1.165) is 22.2 Å². The minimum Gasteiger partial charge on any atom is -0.361 e. The second-order valence-corrected chi connectivity index (χ2v) is 6.10. The maximum absolute atomic E-state index is 12.6. The summed E-state index contributed by atoms with van der Waals surface area (Å²) in [6, 6.07) is 17.2. The summed E-state index contributed by atoms with van der Waals surface area (Å²) < 4.78 is 0. The lowest BCUT2D eigenvalue weighted by Gasteiger charge is -2.17. The van der Waals surface area contributed by atoms with Crippen molar-refractivity contribution in [3.63, 3.8) is 0 Å². The fourth-order valence-electron chi connectivity index (χ4n) is 3.35. The Labute approximate surface area is 144 Å². The molecule has 4 N–H and O–H groups in total. The number of carbonyl (C=O) groups excluding carboxylic acids is 2. The molecule has 1 aliphatic heterocycles. The van der Waals surface area contributed by atoms with Crippen LogP contribution >= 0.6 is 0 Å². The molecule has 1 aliphatic rings. The van der Waals surface area contributed by atoms with Crippen LogP contribution < -0.4 is 16.2 Å². The van der Waals surface area contributed by atoms with E-state index in [9.17, 15) is 9.59 Å². The number of carbonyl (C=O) groups is 2. The zero-order chi connectivity index (χ0) is 17.2. The SMILES string of the molecule is O=C1NCC(c2c[nH]c3ccccc23)C1C(=O)NNc1ccccc1. The summed E-state index contributed by atoms with van der Waals surface area (Å²) in [6.07, 6.45) is 1.89. The quantitative estimate of drug-likeness (QED) is 0.435. The Morgan fingerprint density at radius 3 is 2.64 bits per heavy atom. The molecule has 6 heteroatoms. The zero-order valence-electron chi connectivity index (χ0n) is 13.5. The summed E-state index contributed by atoms with van der Waals surface area (Å²) in [5.41, 5.74) is 8.25. The molecule has 2 atom stereocenters. The molecule has 25 heavy (non-hydrogen) atoms. The molecule has 0 aliphatic carbocycles. The van der Waals surface area contributed by atoms with Gasteiger partial charge in [-0.25, -0.2) is 0 Å². The highest BCUT2D eigenvalue weighted by Crippen LogP contribution is 2.34. The van der Waals surface area contributed by atoms with Crippen LogP contribution in [-0.4, -0.2) is 23.3 Å². The molecule has 1 fully saturated rings. The van der Waals surface area contributed by atoms with Gasteiger partial charge in [-0.2, -0.15) is 0 Å². The summed E-state index contributed by atoms with van der Waals surface area (Å²) in [6.45, 7) is 0.449. The van der Waals surface area contributed by atoms with Crippen molar-refractivity contribution < 1.29 is 9.59 Å². The van der Waals surface area contributed by atoms with Gasteiger partial charge in [-0.15, -0.1) is 0 Å². The van der Waals surface area contributed by atoms with E-state index < -0.39 is 5.92 Å². The number of H-pyrrole nitrogens is 1. The van der Waals surface area contributed by atoms with Crippen molar-refractivity contribution in [1.29, 1.82) is 0 Å². The Morgan fingerprint density at radius 2 is 1.80 bits per heavy atom. The van der Waals surface area contributed by atoms with E-state index in [2.05, 4.69) is 21.2 Å². The first-order chi connectivity index (χ1) is 12.2. The first kappa shape index (κ1) is 15.3. The van der Waals surface area contributed by atoms with Gasteiger partial charge in [0.25, 0.3) is 5.91 Å². The van der Waals surface area contributed by atoms with Crippen molar-refractivity contribution in [3.05, 3.63) is 66.4 Å². The summed E-state index contributed by atoms with van der Waals surface area (Å²) in [5.74, 6) is -1.56. The topological polar surface area (TPSA) is 86.0 Å². The molecular weight excluding hydrogens is 316 g/mol. The van der Waals surface area contributed by atoms with Gasteiger partial charge >= 0.3 is 0 Å². The highest BCUT2D eigenvalue weighted by atomic mass is 16.2. The van der Waals surface area contributed by atoms with Crippen LogP contribution in [-0.2, 0) is 9.59 Å². The second kappa shape index (κ2) is 6.32. The first-order valence-electron chi connectivity index (χ1n) is 8.18. The van der Waals surface area contributed by atoms with Crippen LogP contribution in [0.1, 0.15) is 11.5 Å². The van der Waals surface area contributed by atoms with Gasteiger partial charge in [0.2, 0.25) is 5.91 Å². The number of benzene rings is 2. The van der Waals surface area contributed by atoms with E-state index >= 15 is 0 Å². The lowest BCUT2D eigenvalue weighted by molar-refractivity contribution is -0.133. The van der Waals surface area contributed by atoms with Gasteiger partial charge in [0.15, 0.2) is 0 Å². The van der Waals surface area contributed by atoms with E-state index in [1.807, 2.05) is 60.8 Å². The van der Waals surface area contributed by atoms with Gasteiger partial charge in [-0.1, -0.05) is 36.4 Å². The van der Waals surface area contributed by atoms with Crippen molar-refractivity contribution in [2.75, 3.05) is 12.0 Å². The van der Waals surface area contributed by atoms with Gasteiger partial charge < -0.3 is 10.3 Å². The molecule has 2 unspecified atom stereocenters. The molecule has 2 heterocycles. The number of amides is 2. The number of para-hydroxylation sites is 2. The number of aromatic amines is 1. The summed E-state index contributed by atoms with van der Waals surface area (Å²) in [4.78, 5) is 28.1. The van der Waals surface area contributed by atoms with Crippen molar-refractivity contribution in [1.82, 2.24) is 15.7 Å². The molecule has 2 amide bonds. The van der Waals surface area contributed by atoms with Crippen molar-refractivity contribution in [2.45, 2.75) is 5.92 Å². The molecule has 0 bridgehead atoms. The highest BCUT2D eigenvalue weighted by Gasteiger charge is 2.42. The number of anilines is 1. The normalized spacial score (nSPS) is 19.6. The third kappa shape index (κ3) is 2.82. The molecule has 4 rings (SSSR count). The molecule has 0 radical (unpaired) electrons. The van der Waals surface area contributed by atoms with Gasteiger partial charge in [-0.05, 0) is 23.8 Å². The first-order valence-corrected chi connectivity index (χ1v) is 8.18. The minimum atomic E-state index is -0.768. The molecular formula is C19H18N4O2. The van der Waals surface area contributed by atoms with Crippen LogP contribution in [0.5, 0.6) is 0 Å². The lowest BCUT2D eigenvalue weighted by atomic mass is 9.88. The second-order valence-electron chi connectivity index (χ2n) is 6.10. The van der Waals surface area contributed by atoms with Gasteiger partial charge in [0, 0.05) is 29.6 Å². The third-order valence-electron chi connectivity index (χ3n) is 4.59. The maximum atomic E-state index is 12.6. The number of nitrogens with one attached hydrogen (secondary N) is 4. The predicted molar refractivity (Wildman–Crippen MR) is 95.7 cm³/mol. The van der Waals surface area contributed by atoms with Crippen LogP contribution in [0.2, 0.25) is 0 Å². The number of aromatic nitrogens is 1. The fraction of sp³-hybridized carbons (Fsp3) is 0.158. The molecule has 0 spiro atoms. The molecule has 6 nitrogen and oxygen atoms in total. The smallest absolute Gasteiger partial charge is 0.251 e. The highest BCUT2D eigenvalue weighted by molar-refractivity contribution is 6.04. The van der Waals surface area contributed by atoms with Crippen LogP contribution in [0, 0.1) is 5.92 Å². The Balaban J connectivity index is 1.56. The van der Waals surface area contributed by atoms with Crippen LogP contribution in [0.4, 0.5) is 5.69 Å². The van der Waals surface area contributed by atoms with Crippen LogP contribution in [0.15, 0.2) is 60.8 Å². The molecule has 1 saturated heterocycles. The van der Waals surface area contributed by atoms with E-state index in [1.54, 1.807) is 0 Å². The van der Waals surface area contributed by atoms with E-state index in [-0.39, 0.29) is 17.7 Å². The summed E-state index contributed by atoms with van der Waals surface area (Å²) in [7, 11) is 0. The number of hydrogen-bond donors (Lipinski definition) is 4. The van der Waals surface area contributed by atoms with Crippen molar-refractivity contribution in [3.8, 4) is 0 Å². The Kier molecular flexibility index (Phi) is 3.85. The standard InChI is InChI=1S/C19H18N4O2/c24-18-17(19(25)23-22-12-6-2-1-3-7-12)15(11-21-18)14-10-20-16-9-5-4-8-13(14)16/h1-10,15,17,20,22H,11H2,(H,21,24)(H,23,25). The molecule has 3 aromatic rings. The monoisotopic (exact) mass is 334 g/mol. The summed E-state index contributed by atoms with van der Waals surface area (Å²) >= 11 is 0. The van der Waals surface area contributed by atoms with Crippen molar-refractivity contribution in [2.24, 2.45) is 5.92 Å². The average Bonchev–Trinajstić information content (AvgIpc) is 3.24. The number of fused-ring (bicyclic) bond motifs is 1. The van der Waals surface area contributed by atoms with Gasteiger partial charge in [0.1, 0.15) is 5.92 Å². The zero-order valence-corrected chi connectivity index (χ0v) is 13.5. The fourth-order valence-corrected chi connectivity index (χ4v) is 3.35. The molecule has 0 saturated carbocycles. The number of hydrazine groups is 1. The van der Waals surface area contributed by atoms with E-state index in [0.29, 0.717) is 6.54 Å². The van der Waals surface area contributed by atoms with Crippen LogP contribution in [0.25, 0.3) is 10.9 Å². The molecule has 1 aromatic heterocycles. The maximum Gasteiger partial charge on any atom is 0.251 e. The molecule has 126 valence electrons. The van der Waals surface area contributed by atoms with Gasteiger partial charge in [-0.3, -0.25) is 20.4 Å². The van der Waals surface area contributed by atoms with E-state index in [1.165, 1.54) is 0 Å². The Morgan fingerprint density at radius 1 is 1.04 bits per heavy atom. The molecule has 2 aromatic carbocycles. The summed E-state index contributed by atoms with van der Waals surface area (Å²) in [5, 5.41) is 3.85. The Hall–Kier alpha value is -3.28. The van der Waals surface area contributed by atoms with Gasteiger partial charge in [0.05, 0.1) is 5.69 Å². The van der Waals surface area contributed by atoms with Crippen molar-refractivity contribution >= 4 is 28.4 Å². The average molecular weight is 334 g/mol. The lowest BCUT2D eigenvalue weighted by Crippen LogP contribution is -2.40. The third-order valence-corrected chi connectivity index (χ3v) is 4.59. The number of hydrogen-bond acceptors (Lipinski definition) is 3. The number of rotatable bonds is 4. The Bertz CT molecular complexity index is 919. The minimum absolute atomic E-state index is 0.207. The predicted octanol–water partition coefficient (Wildman–Crippen LogP) is 2.14. The van der Waals surface area contributed by atoms with E-state index in [4.69, 9.17) is 0 Å². The van der Waals surface area contributed by atoms with Crippen LogP contribution in [0.3, 0.4) is 0 Å². The largest absolute Gasteiger partial charge is 0.361 e.